The topological polar surface area (TPSA) is 97.2 Å². The molecular formula is C19H15FN8. The second kappa shape index (κ2) is 6.38. The molecule has 0 amide bonds. The van der Waals surface area contributed by atoms with Crippen LogP contribution in [0.4, 0.5) is 10.2 Å². The van der Waals surface area contributed by atoms with Gasteiger partial charge in [-0.1, -0.05) is 6.07 Å². The molecule has 28 heavy (non-hydrogen) atoms. The van der Waals surface area contributed by atoms with E-state index < -0.39 is 0 Å². The summed E-state index contributed by atoms with van der Waals surface area (Å²) < 4.78 is 16.1. The smallest absolute Gasteiger partial charge is 0.182 e. The lowest BCUT2D eigenvalue weighted by molar-refractivity contribution is 0.620. The van der Waals surface area contributed by atoms with Crippen LogP contribution in [0, 0.1) is 12.7 Å². The molecule has 0 atom stereocenters. The van der Waals surface area contributed by atoms with Crippen LogP contribution in [-0.2, 0) is 6.54 Å². The van der Waals surface area contributed by atoms with E-state index in [2.05, 4.69) is 30.2 Å². The Kier molecular flexibility index (Phi) is 3.71. The maximum atomic E-state index is 14.2. The van der Waals surface area contributed by atoms with E-state index in [0.29, 0.717) is 51.8 Å². The van der Waals surface area contributed by atoms with Crippen LogP contribution in [0.3, 0.4) is 0 Å². The van der Waals surface area contributed by atoms with Crippen LogP contribution in [0.15, 0.2) is 49.2 Å². The molecule has 1 aromatic carbocycles. The molecule has 0 fully saturated rings. The third kappa shape index (κ3) is 2.56. The summed E-state index contributed by atoms with van der Waals surface area (Å²) in [6.07, 6.45) is 4.72. The fourth-order valence-corrected chi connectivity index (χ4v) is 3.27. The maximum Gasteiger partial charge on any atom is 0.182 e. The number of anilines is 1. The first-order valence-electron chi connectivity index (χ1n) is 8.68. The van der Waals surface area contributed by atoms with Crippen molar-refractivity contribution in [3.8, 4) is 5.82 Å². The van der Waals surface area contributed by atoms with Crippen LogP contribution in [-0.4, -0.2) is 34.5 Å². The van der Waals surface area contributed by atoms with E-state index in [1.54, 1.807) is 25.5 Å². The number of H-pyrrole nitrogens is 1. The Bertz CT molecular complexity index is 1290. The molecule has 0 saturated carbocycles. The molecule has 5 rings (SSSR count). The largest absolute Gasteiger partial charge is 0.361 e. The number of pyridine rings is 1. The van der Waals surface area contributed by atoms with E-state index >= 15 is 0 Å². The van der Waals surface area contributed by atoms with Crippen molar-refractivity contribution in [2.24, 2.45) is 0 Å². The summed E-state index contributed by atoms with van der Waals surface area (Å²) in [5.41, 5.74) is 3.22. The van der Waals surface area contributed by atoms with Crippen molar-refractivity contribution in [2.75, 3.05) is 5.32 Å². The zero-order chi connectivity index (χ0) is 19.1. The highest BCUT2D eigenvalue weighted by Crippen LogP contribution is 2.26. The lowest BCUT2D eigenvalue weighted by Crippen LogP contribution is -2.10. The highest BCUT2D eigenvalue weighted by molar-refractivity contribution is 5.83. The Balaban J connectivity index is 1.63. The van der Waals surface area contributed by atoms with Gasteiger partial charge in [0.1, 0.15) is 29.3 Å². The van der Waals surface area contributed by atoms with Gasteiger partial charge in [-0.05, 0) is 31.2 Å². The third-order valence-electron chi connectivity index (χ3n) is 4.59. The number of rotatable bonds is 4. The predicted octanol–water partition coefficient (Wildman–Crippen LogP) is 3.15. The van der Waals surface area contributed by atoms with Gasteiger partial charge in [0.25, 0.3) is 0 Å². The molecule has 8 nitrogen and oxygen atoms in total. The van der Waals surface area contributed by atoms with E-state index in [9.17, 15) is 4.39 Å². The average Bonchev–Trinajstić information content (AvgIpc) is 3.35. The maximum absolute atomic E-state index is 14.2. The Labute approximate surface area is 158 Å². The van der Waals surface area contributed by atoms with Gasteiger partial charge in [-0.2, -0.15) is 0 Å². The minimum absolute atomic E-state index is 0.279. The predicted molar refractivity (Wildman–Crippen MR) is 103 cm³/mol. The van der Waals surface area contributed by atoms with Crippen LogP contribution in [0.2, 0.25) is 0 Å². The van der Waals surface area contributed by atoms with E-state index in [1.807, 2.05) is 22.8 Å². The number of imidazole rings is 2. The van der Waals surface area contributed by atoms with Crippen LogP contribution in [0.5, 0.6) is 0 Å². The van der Waals surface area contributed by atoms with Gasteiger partial charge in [-0.3, -0.25) is 4.57 Å². The number of halogens is 1. The van der Waals surface area contributed by atoms with Gasteiger partial charge in [0.05, 0.1) is 23.9 Å². The normalized spacial score (nSPS) is 11.4. The standard InChI is InChI=1S/C19H15FN8/c1-11-12(20)5-6-13-17(11)28(14-4-2-3-7-21-14)15(27-13)8-22-18-16-19(24-9-23-16)26-10-25-18/h2-7,9-10H,8H2,1H3,(H2,22,23,24,25,26). The Hall–Kier alpha value is -3.88. The number of hydrogen-bond donors (Lipinski definition) is 2. The zero-order valence-electron chi connectivity index (χ0n) is 14.9. The molecule has 4 aromatic heterocycles. The van der Waals surface area contributed by atoms with Gasteiger partial charge in [0.2, 0.25) is 0 Å². The number of aromatic nitrogens is 7. The first-order chi connectivity index (χ1) is 13.7. The van der Waals surface area contributed by atoms with E-state index in [0.717, 1.165) is 0 Å². The molecule has 0 saturated heterocycles. The lowest BCUT2D eigenvalue weighted by atomic mass is 10.2. The van der Waals surface area contributed by atoms with E-state index in [1.165, 1.54) is 12.4 Å². The molecule has 5 aromatic rings. The fourth-order valence-electron chi connectivity index (χ4n) is 3.27. The Morgan fingerprint density at radius 3 is 2.89 bits per heavy atom. The monoisotopic (exact) mass is 374 g/mol. The van der Waals surface area contributed by atoms with E-state index in [-0.39, 0.29) is 5.82 Å². The molecule has 0 aliphatic carbocycles. The average molecular weight is 374 g/mol. The van der Waals surface area contributed by atoms with E-state index in [4.69, 9.17) is 4.98 Å². The first-order valence-corrected chi connectivity index (χ1v) is 8.68. The Morgan fingerprint density at radius 1 is 1.11 bits per heavy atom. The number of benzene rings is 1. The van der Waals surface area contributed by atoms with Crippen molar-refractivity contribution in [1.29, 1.82) is 0 Å². The number of nitrogens with zero attached hydrogens (tertiary/aromatic N) is 6. The Morgan fingerprint density at radius 2 is 2.04 bits per heavy atom. The minimum atomic E-state index is -0.279. The summed E-state index contributed by atoms with van der Waals surface area (Å²) in [7, 11) is 0. The van der Waals surface area contributed by atoms with Crippen molar-refractivity contribution in [1.82, 2.24) is 34.5 Å². The molecule has 9 heteroatoms. The number of fused-ring (bicyclic) bond motifs is 2. The number of hydrogen-bond acceptors (Lipinski definition) is 6. The number of aromatic amines is 1. The number of nitrogens with one attached hydrogen (secondary N) is 2. The summed E-state index contributed by atoms with van der Waals surface area (Å²) in [5.74, 6) is 1.70. The van der Waals surface area contributed by atoms with Crippen LogP contribution in [0.25, 0.3) is 28.0 Å². The van der Waals surface area contributed by atoms with Gasteiger partial charge >= 0.3 is 0 Å². The molecule has 0 aliphatic heterocycles. The highest BCUT2D eigenvalue weighted by Gasteiger charge is 2.17. The lowest BCUT2D eigenvalue weighted by Gasteiger charge is -2.11. The van der Waals surface area contributed by atoms with Gasteiger partial charge in [-0.25, -0.2) is 29.3 Å². The summed E-state index contributed by atoms with van der Waals surface area (Å²) in [4.78, 5) is 24.7. The van der Waals surface area contributed by atoms with Crippen molar-refractivity contribution < 1.29 is 4.39 Å². The van der Waals surface area contributed by atoms with Crippen molar-refractivity contribution >= 4 is 28.0 Å². The van der Waals surface area contributed by atoms with Crippen LogP contribution >= 0.6 is 0 Å². The molecule has 0 unspecified atom stereocenters. The quantitative estimate of drug-likeness (QED) is 0.502. The van der Waals surface area contributed by atoms with Crippen molar-refractivity contribution in [3.63, 3.8) is 0 Å². The minimum Gasteiger partial charge on any atom is -0.361 e. The number of aryl methyl sites for hydroxylation is 1. The first kappa shape index (κ1) is 16.3. The fraction of sp³-hybridized carbons (Fsp3) is 0.105. The SMILES string of the molecule is Cc1c(F)ccc2nc(CNc3ncnc4nc[nH]c34)n(-c3ccccn3)c12. The second-order valence-corrected chi connectivity index (χ2v) is 6.27. The molecule has 2 N–H and O–H groups in total. The summed E-state index contributed by atoms with van der Waals surface area (Å²) in [6, 6.07) is 8.71. The van der Waals surface area contributed by atoms with Crippen LogP contribution < -0.4 is 5.32 Å². The zero-order valence-corrected chi connectivity index (χ0v) is 14.9. The second-order valence-electron chi connectivity index (χ2n) is 6.27. The van der Waals surface area contributed by atoms with Crippen molar-refractivity contribution in [2.45, 2.75) is 13.5 Å². The molecule has 138 valence electrons. The van der Waals surface area contributed by atoms with Crippen molar-refractivity contribution in [3.05, 3.63) is 66.4 Å². The molecular weight excluding hydrogens is 359 g/mol. The summed E-state index contributed by atoms with van der Waals surface area (Å²) >= 11 is 0. The summed E-state index contributed by atoms with van der Waals surface area (Å²) in [5, 5.41) is 3.27. The van der Waals surface area contributed by atoms with Crippen LogP contribution in [0.1, 0.15) is 11.4 Å². The van der Waals surface area contributed by atoms with Gasteiger partial charge in [-0.15, -0.1) is 0 Å². The third-order valence-corrected chi connectivity index (χ3v) is 4.59. The molecule has 0 spiro atoms. The molecule has 0 bridgehead atoms. The van der Waals surface area contributed by atoms with Gasteiger partial charge in [0.15, 0.2) is 11.5 Å². The molecule has 0 aliphatic rings. The highest BCUT2D eigenvalue weighted by atomic mass is 19.1. The molecule has 0 radical (unpaired) electrons. The summed E-state index contributed by atoms with van der Waals surface area (Å²) in [6.45, 7) is 2.10. The molecule has 4 heterocycles. The van der Waals surface area contributed by atoms with Gasteiger partial charge < -0.3 is 10.3 Å². The van der Waals surface area contributed by atoms with Gasteiger partial charge in [0, 0.05) is 11.8 Å².